The predicted octanol–water partition coefficient (Wildman–Crippen LogP) is 3.66. The number of hydrogen-bond acceptors (Lipinski definition) is 3. The number of likely N-dealkylation sites (N-methyl/N-ethyl adjacent to an activating group) is 1. The first kappa shape index (κ1) is 16.6. The van der Waals surface area contributed by atoms with Crippen LogP contribution in [0.25, 0.3) is 33.5 Å². The van der Waals surface area contributed by atoms with Crippen LogP contribution >= 0.6 is 0 Å². The van der Waals surface area contributed by atoms with E-state index >= 15 is 0 Å². The zero-order chi connectivity index (χ0) is 19.6. The van der Waals surface area contributed by atoms with Crippen LogP contribution in [0.15, 0.2) is 36.4 Å². The molecule has 0 unspecified atom stereocenters. The second-order valence-corrected chi connectivity index (χ2v) is 7.55. The number of para-hydroxylation sites is 1. The fraction of sp³-hybridized carbons (Fsp3) is 0.227. The Bertz CT molecular complexity index is 1320. The number of aromatic amines is 1. The molecule has 0 atom stereocenters. The second kappa shape index (κ2) is 5.46. The molecular formula is C22H19N5O. The summed E-state index contributed by atoms with van der Waals surface area (Å²) in [6, 6.07) is 14.4. The van der Waals surface area contributed by atoms with Crippen LogP contribution in [0.3, 0.4) is 0 Å². The van der Waals surface area contributed by atoms with Gasteiger partial charge in [-0.25, -0.2) is 4.98 Å². The molecule has 1 N–H and O–H groups in total. The molecule has 1 aliphatic heterocycles. The van der Waals surface area contributed by atoms with E-state index in [1.54, 1.807) is 0 Å². The van der Waals surface area contributed by atoms with E-state index in [0.717, 1.165) is 33.2 Å². The van der Waals surface area contributed by atoms with Crippen molar-refractivity contribution < 1.29 is 4.79 Å². The molecule has 3 heterocycles. The smallest absolute Gasteiger partial charge is 0.237 e. The van der Waals surface area contributed by atoms with E-state index in [1.807, 2.05) is 62.1 Å². The molecule has 0 saturated heterocycles. The molecule has 0 spiro atoms. The molecule has 0 fully saturated rings. The van der Waals surface area contributed by atoms with Crippen molar-refractivity contribution in [2.45, 2.75) is 26.2 Å². The van der Waals surface area contributed by atoms with Crippen LogP contribution < -0.4 is 4.90 Å². The summed E-state index contributed by atoms with van der Waals surface area (Å²) in [5.74, 6) is 0.785. The Hall–Kier alpha value is -3.59. The van der Waals surface area contributed by atoms with Crippen LogP contribution in [-0.2, 0) is 10.2 Å². The van der Waals surface area contributed by atoms with Crippen LogP contribution in [0, 0.1) is 12.5 Å². The number of hydrogen-bond donors (Lipinski definition) is 1. The molecule has 6 nitrogen and oxygen atoms in total. The highest BCUT2D eigenvalue weighted by molar-refractivity contribution is 6.09. The molecule has 138 valence electrons. The standard InChI is InChI=1S/C22H19N5O/c1-5-26-18-12-16-15(11-14(18)22(3,4)21(26)28)23-20(24-16)19-13-9-7-8-10-17(13)27(6-2)25-19/h2,7-12H,5H2,1,3-4H3,(H,23,24). The number of imidazole rings is 1. The highest BCUT2D eigenvalue weighted by atomic mass is 16.2. The Morgan fingerprint density at radius 2 is 2.04 bits per heavy atom. The van der Waals surface area contributed by atoms with Crippen molar-refractivity contribution >= 4 is 33.5 Å². The van der Waals surface area contributed by atoms with Gasteiger partial charge in [0.1, 0.15) is 5.69 Å². The molecule has 6 heteroatoms. The van der Waals surface area contributed by atoms with Crippen molar-refractivity contribution in [2.24, 2.45) is 0 Å². The number of nitrogens with one attached hydrogen (secondary N) is 1. The zero-order valence-corrected chi connectivity index (χ0v) is 15.9. The van der Waals surface area contributed by atoms with Crippen molar-refractivity contribution in [3.63, 3.8) is 0 Å². The summed E-state index contributed by atoms with van der Waals surface area (Å²) in [4.78, 5) is 22.7. The van der Waals surface area contributed by atoms with E-state index < -0.39 is 5.41 Å². The monoisotopic (exact) mass is 369 g/mol. The maximum atomic E-state index is 12.8. The maximum Gasteiger partial charge on any atom is 0.237 e. The van der Waals surface area contributed by atoms with Crippen LogP contribution in [-0.4, -0.2) is 32.2 Å². The molecule has 2 aromatic carbocycles. The number of aromatic nitrogens is 4. The van der Waals surface area contributed by atoms with Gasteiger partial charge in [0, 0.05) is 18.0 Å². The lowest BCUT2D eigenvalue weighted by Gasteiger charge is -2.18. The van der Waals surface area contributed by atoms with Crippen molar-refractivity contribution in [2.75, 3.05) is 11.4 Å². The van der Waals surface area contributed by atoms with Crippen LogP contribution in [0.4, 0.5) is 5.69 Å². The Labute approximate surface area is 162 Å². The highest BCUT2D eigenvalue weighted by Crippen LogP contribution is 2.43. The minimum Gasteiger partial charge on any atom is -0.337 e. The largest absolute Gasteiger partial charge is 0.337 e. The van der Waals surface area contributed by atoms with Gasteiger partial charge in [-0.2, -0.15) is 9.78 Å². The topological polar surface area (TPSA) is 66.8 Å². The molecule has 5 rings (SSSR count). The minimum absolute atomic E-state index is 0.122. The van der Waals surface area contributed by atoms with E-state index in [1.165, 1.54) is 4.68 Å². The lowest BCUT2D eigenvalue weighted by Crippen LogP contribution is -2.35. The third-order valence-corrected chi connectivity index (χ3v) is 5.59. The average molecular weight is 369 g/mol. The number of rotatable bonds is 2. The maximum absolute atomic E-state index is 12.8. The molecule has 1 aliphatic rings. The number of amides is 1. The lowest BCUT2D eigenvalue weighted by atomic mass is 9.86. The summed E-state index contributed by atoms with van der Waals surface area (Å²) >= 11 is 0. The van der Waals surface area contributed by atoms with Gasteiger partial charge in [0.15, 0.2) is 5.82 Å². The summed E-state index contributed by atoms with van der Waals surface area (Å²) in [6.07, 6.45) is 5.60. The third kappa shape index (κ3) is 2.01. The molecule has 0 bridgehead atoms. The molecule has 2 aromatic heterocycles. The number of terminal acetylenes is 1. The molecule has 28 heavy (non-hydrogen) atoms. The first-order valence-electron chi connectivity index (χ1n) is 9.26. The van der Waals surface area contributed by atoms with Gasteiger partial charge in [-0.15, -0.1) is 0 Å². The van der Waals surface area contributed by atoms with E-state index in [-0.39, 0.29) is 5.91 Å². The quantitative estimate of drug-likeness (QED) is 0.548. The summed E-state index contributed by atoms with van der Waals surface area (Å²) in [5.41, 5.74) is 4.66. The Morgan fingerprint density at radius 1 is 1.25 bits per heavy atom. The van der Waals surface area contributed by atoms with Gasteiger partial charge in [-0.1, -0.05) is 24.6 Å². The van der Waals surface area contributed by atoms with Crippen LogP contribution in [0.2, 0.25) is 0 Å². The number of fused-ring (bicyclic) bond motifs is 3. The normalized spacial score (nSPS) is 15.4. The van der Waals surface area contributed by atoms with E-state index in [4.69, 9.17) is 11.4 Å². The lowest BCUT2D eigenvalue weighted by molar-refractivity contribution is -0.122. The fourth-order valence-electron chi connectivity index (χ4n) is 4.10. The summed E-state index contributed by atoms with van der Waals surface area (Å²) < 4.78 is 1.53. The van der Waals surface area contributed by atoms with E-state index in [0.29, 0.717) is 18.1 Å². The van der Waals surface area contributed by atoms with Crippen LogP contribution in [0.1, 0.15) is 26.3 Å². The predicted molar refractivity (Wildman–Crippen MR) is 110 cm³/mol. The van der Waals surface area contributed by atoms with Crippen LogP contribution in [0.5, 0.6) is 0 Å². The Kier molecular flexibility index (Phi) is 3.23. The molecule has 4 aromatic rings. The van der Waals surface area contributed by atoms with Crippen molar-refractivity contribution in [3.05, 3.63) is 42.0 Å². The number of nitrogens with zero attached hydrogens (tertiary/aromatic N) is 4. The number of H-pyrrole nitrogens is 1. The zero-order valence-electron chi connectivity index (χ0n) is 15.9. The molecule has 0 aliphatic carbocycles. The van der Waals surface area contributed by atoms with Gasteiger partial charge >= 0.3 is 0 Å². The van der Waals surface area contributed by atoms with E-state index in [9.17, 15) is 4.79 Å². The SMILES string of the molecule is C#Cn1nc(-c2nc3cc4c(cc3[nH]2)C(C)(C)C(=O)N4CC)c2ccccc21. The number of benzene rings is 2. The van der Waals surface area contributed by atoms with Gasteiger partial charge < -0.3 is 9.88 Å². The van der Waals surface area contributed by atoms with Gasteiger partial charge in [0.2, 0.25) is 5.91 Å². The number of carbonyl (C=O) groups excluding carboxylic acids is 1. The minimum atomic E-state index is -0.553. The number of anilines is 1. The van der Waals surface area contributed by atoms with Gasteiger partial charge in [-0.05, 0) is 44.5 Å². The first-order chi connectivity index (χ1) is 13.5. The van der Waals surface area contributed by atoms with Crippen molar-refractivity contribution in [1.82, 2.24) is 19.7 Å². The summed E-state index contributed by atoms with van der Waals surface area (Å²) in [6.45, 7) is 6.56. The third-order valence-electron chi connectivity index (χ3n) is 5.59. The molecular weight excluding hydrogens is 350 g/mol. The van der Waals surface area contributed by atoms with Gasteiger partial charge in [-0.3, -0.25) is 4.79 Å². The fourth-order valence-corrected chi connectivity index (χ4v) is 4.10. The molecule has 1 amide bonds. The van der Waals surface area contributed by atoms with Gasteiger partial charge in [0.25, 0.3) is 0 Å². The summed E-state index contributed by atoms with van der Waals surface area (Å²) in [5, 5.41) is 5.49. The summed E-state index contributed by atoms with van der Waals surface area (Å²) in [7, 11) is 0. The highest BCUT2D eigenvalue weighted by Gasteiger charge is 2.43. The van der Waals surface area contributed by atoms with E-state index in [2.05, 4.69) is 16.1 Å². The Morgan fingerprint density at radius 3 is 2.79 bits per heavy atom. The first-order valence-corrected chi connectivity index (χ1v) is 9.26. The molecule has 0 saturated carbocycles. The second-order valence-electron chi connectivity index (χ2n) is 7.55. The van der Waals surface area contributed by atoms with Gasteiger partial charge in [0.05, 0.1) is 27.7 Å². The Balaban J connectivity index is 1.74. The average Bonchev–Trinajstić information content (AvgIpc) is 3.32. The molecule has 0 radical (unpaired) electrons. The number of carbonyl (C=O) groups is 1. The van der Waals surface area contributed by atoms with Crippen molar-refractivity contribution in [1.29, 1.82) is 0 Å². The van der Waals surface area contributed by atoms with Crippen molar-refractivity contribution in [3.8, 4) is 24.0 Å².